The molecular formula is C19H23N3O5S. The Morgan fingerprint density at radius 3 is 2.57 bits per heavy atom. The molecule has 150 valence electrons. The van der Waals surface area contributed by atoms with Crippen molar-refractivity contribution in [2.75, 3.05) is 36.1 Å². The Morgan fingerprint density at radius 1 is 1.11 bits per heavy atom. The molecule has 0 saturated carbocycles. The zero-order valence-electron chi connectivity index (χ0n) is 15.8. The number of carbonyl (C=O) groups excluding carboxylic acids is 1. The van der Waals surface area contributed by atoms with Gasteiger partial charge in [0.25, 0.3) is 0 Å². The van der Waals surface area contributed by atoms with E-state index in [1.807, 2.05) is 6.07 Å². The van der Waals surface area contributed by atoms with Crippen LogP contribution >= 0.6 is 0 Å². The van der Waals surface area contributed by atoms with E-state index in [0.717, 1.165) is 5.56 Å². The Balaban J connectivity index is 1.62. The molecule has 1 fully saturated rings. The van der Waals surface area contributed by atoms with E-state index in [-0.39, 0.29) is 5.75 Å². The number of methoxy groups -OCH3 is 2. The van der Waals surface area contributed by atoms with Gasteiger partial charge in [0.1, 0.15) is 0 Å². The minimum absolute atomic E-state index is 0.149. The summed E-state index contributed by atoms with van der Waals surface area (Å²) >= 11 is 0. The molecule has 0 unspecified atom stereocenters. The van der Waals surface area contributed by atoms with Crippen molar-refractivity contribution in [3.05, 3.63) is 48.0 Å². The lowest BCUT2D eigenvalue weighted by molar-refractivity contribution is 0.251. The fraction of sp³-hybridized carbons (Fsp3) is 0.316. The summed E-state index contributed by atoms with van der Waals surface area (Å²) in [7, 11) is -0.150. The lowest BCUT2D eigenvalue weighted by Crippen LogP contribution is -2.28. The smallest absolute Gasteiger partial charge is 0.319 e. The van der Waals surface area contributed by atoms with E-state index in [0.29, 0.717) is 42.4 Å². The van der Waals surface area contributed by atoms with Gasteiger partial charge in [0.15, 0.2) is 11.5 Å². The molecule has 8 nitrogen and oxygen atoms in total. The molecule has 0 radical (unpaired) electrons. The summed E-state index contributed by atoms with van der Waals surface area (Å²) in [4.78, 5) is 12.2. The van der Waals surface area contributed by atoms with Gasteiger partial charge in [-0.3, -0.25) is 4.31 Å². The summed E-state index contributed by atoms with van der Waals surface area (Å²) < 4.78 is 35.9. The molecule has 1 heterocycles. The summed E-state index contributed by atoms with van der Waals surface area (Å²) in [5.74, 6) is 1.35. The highest BCUT2D eigenvalue weighted by atomic mass is 32.2. The first kappa shape index (κ1) is 19.8. The second-order valence-electron chi connectivity index (χ2n) is 6.29. The van der Waals surface area contributed by atoms with Crippen molar-refractivity contribution in [3.63, 3.8) is 0 Å². The number of hydrogen-bond donors (Lipinski definition) is 2. The number of urea groups is 1. The fourth-order valence-corrected chi connectivity index (χ4v) is 4.57. The Labute approximate surface area is 164 Å². The van der Waals surface area contributed by atoms with Crippen LogP contribution in [0, 0.1) is 0 Å². The van der Waals surface area contributed by atoms with Crippen molar-refractivity contribution < 1.29 is 22.7 Å². The van der Waals surface area contributed by atoms with Gasteiger partial charge in [0, 0.05) is 18.8 Å². The van der Waals surface area contributed by atoms with E-state index in [9.17, 15) is 13.2 Å². The van der Waals surface area contributed by atoms with Crippen molar-refractivity contribution in [3.8, 4) is 11.5 Å². The van der Waals surface area contributed by atoms with E-state index in [2.05, 4.69) is 10.6 Å². The zero-order chi connectivity index (χ0) is 20.1. The summed E-state index contributed by atoms with van der Waals surface area (Å²) in [5.41, 5.74) is 1.92. The summed E-state index contributed by atoms with van der Waals surface area (Å²) in [6.07, 6.45) is 0.603. The number of amides is 2. The van der Waals surface area contributed by atoms with Crippen LogP contribution in [0.3, 0.4) is 0 Å². The van der Waals surface area contributed by atoms with Gasteiger partial charge in [-0.1, -0.05) is 12.1 Å². The van der Waals surface area contributed by atoms with Crippen molar-refractivity contribution >= 4 is 27.4 Å². The monoisotopic (exact) mass is 405 g/mol. The summed E-state index contributed by atoms with van der Waals surface area (Å²) in [6.45, 7) is 0.754. The minimum Gasteiger partial charge on any atom is -0.493 e. The van der Waals surface area contributed by atoms with E-state index >= 15 is 0 Å². The number of benzene rings is 2. The normalized spacial score (nSPS) is 15.1. The van der Waals surface area contributed by atoms with Gasteiger partial charge < -0.3 is 20.1 Å². The number of carbonyl (C=O) groups is 1. The van der Waals surface area contributed by atoms with Crippen LogP contribution in [0.15, 0.2) is 42.5 Å². The largest absolute Gasteiger partial charge is 0.493 e. The second kappa shape index (κ2) is 8.39. The molecule has 28 heavy (non-hydrogen) atoms. The van der Waals surface area contributed by atoms with Gasteiger partial charge in [-0.2, -0.15) is 0 Å². The molecule has 0 aliphatic carbocycles. The maximum Gasteiger partial charge on any atom is 0.319 e. The molecule has 1 aliphatic heterocycles. The summed E-state index contributed by atoms with van der Waals surface area (Å²) in [6, 6.07) is 11.8. The molecule has 9 heteroatoms. The number of anilines is 2. The molecule has 1 aliphatic rings. The Morgan fingerprint density at radius 2 is 1.89 bits per heavy atom. The molecule has 2 N–H and O–H groups in total. The van der Waals surface area contributed by atoms with Crippen LogP contribution < -0.4 is 24.4 Å². The van der Waals surface area contributed by atoms with Crippen molar-refractivity contribution in [2.45, 2.75) is 13.0 Å². The van der Waals surface area contributed by atoms with E-state index in [1.54, 1.807) is 50.6 Å². The molecule has 0 aromatic heterocycles. The third kappa shape index (κ3) is 4.48. The van der Waals surface area contributed by atoms with Gasteiger partial charge in [-0.05, 0) is 42.3 Å². The van der Waals surface area contributed by atoms with Crippen molar-refractivity contribution in [1.82, 2.24) is 5.32 Å². The van der Waals surface area contributed by atoms with E-state index < -0.39 is 16.1 Å². The number of sulfonamides is 1. The van der Waals surface area contributed by atoms with Crippen LogP contribution in [0.5, 0.6) is 11.5 Å². The van der Waals surface area contributed by atoms with Crippen molar-refractivity contribution in [1.29, 1.82) is 0 Å². The molecular weight excluding hydrogens is 382 g/mol. The SMILES string of the molecule is COc1ccc(CNC(=O)Nc2cccc(N3CCCS3(=O)=O)c2)cc1OC. The molecule has 2 amide bonds. The van der Waals surface area contributed by atoms with E-state index in [1.165, 1.54) is 4.31 Å². The zero-order valence-corrected chi connectivity index (χ0v) is 16.6. The number of rotatable bonds is 6. The third-order valence-electron chi connectivity index (χ3n) is 4.39. The molecule has 2 aromatic carbocycles. The van der Waals surface area contributed by atoms with Crippen LogP contribution in [0.4, 0.5) is 16.2 Å². The van der Waals surface area contributed by atoms with Gasteiger partial charge in [0.05, 0.1) is 25.7 Å². The number of hydrogen-bond acceptors (Lipinski definition) is 5. The predicted molar refractivity (Wildman–Crippen MR) is 108 cm³/mol. The molecule has 0 bridgehead atoms. The minimum atomic E-state index is -3.26. The second-order valence-corrected chi connectivity index (χ2v) is 8.30. The first-order valence-corrected chi connectivity index (χ1v) is 10.4. The predicted octanol–water partition coefficient (Wildman–Crippen LogP) is 2.57. The molecule has 1 saturated heterocycles. The van der Waals surface area contributed by atoms with Crippen LogP contribution in [-0.4, -0.2) is 41.0 Å². The molecule has 0 spiro atoms. The van der Waals surface area contributed by atoms with Crippen LogP contribution in [0.2, 0.25) is 0 Å². The first-order valence-electron chi connectivity index (χ1n) is 8.79. The van der Waals surface area contributed by atoms with Gasteiger partial charge in [-0.25, -0.2) is 13.2 Å². The van der Waals surface area contributed by atoms with Gasteiger partial charge in [0.2, 0.25) is 10.0 Å². The first-order chi connectivity index (χ1) is 13.4. The van der Waals surface area contributed by atoms with Crippen LogP contribution in [0.25, 0.3) is 0 Å². The number of nitrogens with one attached hydrogen (secondary N) is 2. The topological polar surface area (TPSA) is 97.0 Å². The van der Waals surface area contributed by atoms with Crippen molar-refractivity contribution in [2.24, 2.45) is 0 Å². The fourth-order valence-electron chi connectivity index (χ4n) is 3.02. The molecule has 3 rings (SSSR count). The maximum atomic E-state index is 12.2. The highest BCUT2D eigenvalue weighted by molar-refractivity contribution is 7.93. The number of nitrogens with zero attached hydrogens (tertiary/aromatic N) is 1. The average molecular weight is 405 g/mol. The lowest BCUT2D eigenvalue weighted by Gasteiger charge is -2.18. The Hall–Kier alpha value is -2.94. The van der Waals surface area contributed by atoms with E-state index in [4.69, 9.17) is 9.47 Å². The molecule has 0 atom stereocenters. The molecule has 2 aromatic rings. The third-order valence-corrected chi connectivity index (χ3v) is 6.26. The average Bonchev–Trinajstić information content (AvgIpc) is 3.05. The Kier molecular flexibility index (Phi) is 5.93. The quantitative estimate of drug-likeness (QED) is 0.770. The van der Waals surface area contributed by atoms with Gasteiger partial charge in [-0.15, -0.1) is 0 Å². The van der Waals surface area contributed by atoms with Gasteiger partial charge >= 0.3 is 6.03 Å². The standard InChI is InChI=1S/C19H23N3O5S/c1-26-17-8-7-14(11-18(17)27-2)13-20-19(23)21-15-5-3-6-16(12-15)22-9-4-10-28(22,24)25/h3,5-8,11-12H,4,9-10,13H2,1-2H3,(H2,20,21,23). The lowest BCUT2D eigenvalue weighted by atomic mass is 10.2. The maximum absolute atomic E-state index is 12.2. The highest BCUT2D eigenvalue weighted by Crippen LogP contribution is 2.28. The van der Waals surface area contributed by atoms with Crippen LogP contribution in [0.1, 0.15) is 12.0 Å². The summed E-state index contributed by atoms with van der Waals surface area (Å²) in [5, 5.41) is 5.49. The highest BCUT2D eigenvalue weighted by Gasteiger charge is 2.28. The van der Waals surface area contributed by atoms with Crippen LogP contribution in [-0.2, 0) is 16.6 Å². The number of ether oxygens (including phenoxy) is 2. The Bertz CT molecular complexity index is 962.